The second-order valence-electron chi connectivity index (χ2n) is 6.10. The van der Waals surface area contributed by atoms with Gasteiger partial charge in [-0.1, -0.05) is 12.8 Å². The Labute approximate surface area is 135 Å². The molecule has 5 nitrogen and oxygen atoms in total. The number of hydrogen-bond donors (Lipinski definition) is 2. The Kier molecular flexibility index (Phi) is 5.05. The Hall–Kier alpha value is -0.530. The van der Waals surface area contributed by atoms with Crippen molar-refractivity contribution in [1.29, 1.82) is 0 Å². The van der Waals surface area contributed by atoms with E-state index in [0.29, 0.717) is 11.4 Å². The Morgan fingerprint density at radius 3 is 2.95 bits per heavy atom. The first kappa shape index (κ1) is 16.8. The van der Waals surface area contributed by atoms with E-state index in [1.165, 1.54) is 16.2 Å². The Morgan fingerprint density at radius 1 is 1.48 bits per heavy atom. The molecule has 1 saturated carbocycles. The second-order valence-corrected chi connectivity index (χ2v) is 7.18. The van der Waals surface area contributed by atoms with Crippen molar-refractivity contribution in [2.75, 3.05) is 13.6 Å². The molecule has 2 aliphatic rings. The molecule has 0 amide bonds. The molecule has 0 aromatic carbocycles. The third-order valence-electron chi connectivity index (χ3n) is 4.56. The van der Waals surface area contributed by atoms with Gasteiger partial charge in [-0.2, -0.15) is 0 Å². The monoisotopic (exact) mass is 330 g/mol. The lowest BCUT2D eigenvalue weighted by molar-refractivity contribution is 0.0822. The number of thiazole rings is 1. The molecular formula is C14H23ClN4OS. The first-order chi connectivity index (χ1) is 9.50. The Morgan fingerprint density at radius 2 is 2.24 bits per heavy atom. The molecule has 1 fully saturated rings. The quantitative estimate of drug-likeness (QED) is 0.799. The molecule has 0 spiro atoms. The summed E-state index contributed by atoms with van der Waals surface area (Å²) >= 11 is 1.50. The van der Waals surface area contributed by atoms with Crippen molar-refractivity contribution in [2.45, 2.75) is 50.2 Å². The number of nitrogens with zero attached hydrogens (tertiary/aromatic N) is 2. The van der Waals surface area contributed by atoms with Crippen molar-refractivity contribution < 1.29 is 4.79 Å². The van der Waals surface area contributed by atoms with Crippen LogP contribution in [0.25, 0.3) is 0 Å². The summed E-state index contributed by atoms with van der Waals surface area (Å²) in [6.07, 6.45) is 4.46. The normalized spacial score (nSPS) is 29.6. The maximum Gasteiger partial charge on any atom is 0.212 e. The van der Waals surface area contributed by atoms with E-state index in [1.807, 2.05) is 0 Å². The maximum absolute atomic E-state index is 12.8. The van der Waals surface area contributed by atoms with E-state index in [-0.39, 0.29) is 24.2 Å². The minimum absolute atomic E-state index is 0. The van der Waals surface area contributed by atoms with Crippen molar-refractivity contribution in [1.82, 2.24) is 9.88 Å². The highest BCUT2D eigenvalue weighted by Gasteiger charge is 2.43. The highest BCUT2D eigenvalue weighted by Crippen LogP contribution is 2.32. The molecule has 118 valence electrons. The van der Waals surface area contributed by atoms with E-state index < -0.39 is 5.54 Å². The molecule has 1 aromatic heterocycles. The lowest BCUT2D eigenvalue weighted by atomic mass is 9.76. The van der Waals surface area contributed by atoms with Crippen LogP contribution < -0.4 is 11.5 Å². The molecule has 7 heteroatoms. The van der Waals surface area contributed by atoms with Crippen LogP contribution in [-0.4, -0.2) is 40.8 Å². The topological polar surface area (TPSA) is 85.2 Å². The number of halogens is 1. The van der Waals surface area contributed by atoms with Gasteiger partial charge in [0.15, 0.2) is 5.01 Å². The van der Waals surface area contributed by atoms with E-state index in [9.17, 15) is 4.79 Å². The molecular weight excluding hydrogens is 308 g/mol. The highest BCUT2D eigenvalue weighted by molar-refractivity contribution is 7.13. The average Bonchev–Trinajstić information content (AvgIpc) is 2.84. The Bertz CT molecular complexity index is 535. The van der Waals surface area contributed by atoms with Gasteiger partial charge in [0.05, 0.1) is 11.2 Å². The zero-order valence-electron chi connectivity index (χ0n) is 12.3. The fraction of sp³-hybridized carbons (Fsp3) is 0.714. The molecule has 1 aliphatic carbocycles. The fourth-order valence-corrected chi connectivity index (χ4v) is 4.35. The molecule has 2 unspecified atom stereocenters. The van der Waals surface area contributed by atoms with Gasteiger partial charge < -0.3 is 16.4 Å². The van der Waals surface area contributed by atoms with Crippen LogP contribution in [0.2, 0.25) is 0 Å². The number of ketones is 1. The zero-order chi connectivity index (χ0) is 14.3. The van der Waals surface area contributed by atoms with Crippen LogP contribution in [-0.2, 0) is 13.0 Å². The van der Waals surface area contributed by atoms with E-state index in [0.717, 1.165) is 44.5 Å². The van der Waals surface area contributed by atoms with Crippen molar-refractivity contribution in [2.24, 2.45) is 11.5 Å². The molecule has 2 atom stereocenters. The van der Waals surface area contributed by atoms with Gasteiger partial charge in [0, 0.05) is 30.4 Å². The summed E-state index contributed by atoms with van der Waals surface area (Å²) in [4.78, 5) is 20.8. The first-order valence-corrected chi connectivity index (χ1v) is 8.09. The lowest BCUT2D eigenvalue weighted by Gasteiger charge is -2.36. The Balaban J connectivity index is 0.00000161. The molecule has 0 bridgehead atoms. The van der Waals surface area contributed by atoms with E-state index >= 15 is 0 Å². The molecule has 21 heavy (non-hydrogen) atoms. The molecule has 3 rings (SSSR count). The largest absolute Gasteiger partial charge is 0.326 e. The van der Waals surface area contributed by atoms with Crippen molar-refractivity contribution in [3.63, 3.8) is 0 Å². The van der Waals surface area contributed by atoms with Crippen LogP contribution in [0, 0.1) is 0 Å². The smallest absolute Gasteiger partial charge is 0.212 e. The second kappa shape index (κ2) is 6.30. The lowest BCUT2D eigenvalue weighted by Crippen LogP contribution is -2.62. The van der Waals surface area contributed by atoms with Crippen molar-refractivity contribution >= 4 is 29.5 Å². The predicted molar refractivity (Wildman–Crippen MR) is 87.1 cm³/mol. The summed E-state index contributed by atoms with van der Waals surface area (Å²) in [7, 11) is 2.09. The fourth-order valence-electron chi connectivity index (χ4n) is 3.13. The van der Waals surface area contributed by atoms with Crippen LogP contribution in [0.15, 0.2) is 0 Å². The minimum Gasteiger partial charge on any atom is -0.326 e. The SMILES string of the molecule is CN1CCc2nc(C(=O)C3(N)CCCCC3N)sc2C1.Cl. The summed E-state index contributed by atoms with van der Waals surface area (Å²) < 4.78 is 0. The molecule has 1 aromatic rings. The third-order valence-corrected chi connectivity index (χ3v) is 5.64. The minimum atomic E-state index is -0.912. The summed E-state index contributed by atoms with van der Waals surface area (Å²) in [5.41, 5.74) is 12.6. The van der Waals surface area contributed by atoms with Crippen molar-refractivity contribution in [3.8, 4) is 0 Å². The maximum atomic E-state index is 12.8. The molecule has 0 radical (unpaired) electrons. The van der Waals surface area contributed by atoms with E-state index in [1.54, 1.807) is 0 Å². The van der Waals surface area contributed by atoms with Gasteiger partial charge in [-0.25, -0.2) is 4.98 Å². The number of nitrogens with two attached hydrogens (primary N) is 2. The number of aromatic nitrogens is 1. The summed E-state index contributed by atoms with van der Waals surface area (Å²) in [5.74, 6) is -0.0493. The zero-order valence-corrected chi connectivity index (χ0v) is 13.9. The third kappa shape index (κ3) is 3.00. The van der Waals surface area contributed by atoms with Crippen LogP contribution in [0.5, 0.6) is 0 Å². The number of rotatable bonds is 2. The van der Waals surface area contributed by atoms with E-state index in [4.69, 9.17) is 11.5 Å². The van der Waals surface area contributed by atoms with Gasteiger partial charge in [0.25, 0.3) is 0 Å². The summed E-state index contributed by atoms with van der Waals surface area (Å²) in [6, 6.07) is -0.243. The summed E-state index contributed by atoms with van der Waals surface area (Å²) in [6.45, 7) is 1.88. The molecule has 1 aliphatic heterocycles. The number of carbonyl (C=O) groups is 1. The number of carbonyl (C=O) groups excluding carboxylic acids is 1. The predicted octanol–water partition coefficient (Wildman–Crippen LogP) is 1.33. The van der Waals surface area contributed by atoms with Crippen LogP contribution in [0.1, 0.15) is 46.1 Å². The number of Topliss-reactive ketones (excluding diaryl/α,β-unsaturated/α-hetero) is 1. The van der Waals surface area contributed by atoms with Gasteiger partial charge >= 0.3 is 0 Å². The standard InChI is InChI=1S/C14H22N4OS.ClH/c1-18-7-5-9-10(8-18)20-13(17-9)12(19)14(16)6-3-2-4-11(14)15;/h11H,2-8,15-16H2,1H3;1H. The van der Waals surface area contributed by atoms with Gasteiger partial charge in [-0.05, 0) is 19.9 Å². The van der Waals surface area contributed by atoms with Crippen LogP contribution >= 0.6 is 23.7 Å². The summed E-state index contributed by atoms with van der Waals surface area (Å²) in [5, 5.41) is 0.560. The van der Waals surface area contributed by atoms with Crippen molar-refractivity contribution in [3.05, 3.63) is 15.6 Å². The van der Waals surface area contributed by atoms with Gasteiger partial charge in [0.2, 0.25) is 5.78 Å². The van der Waals surface area contributed by atoms with Gasteiger partial charge in [-0.3, -0.25) is 4.79 Å². The number of fused-ring (bicyclic) bond motifs is 1. The number of likely N-dealkylation sites (N-methyl/N-ethyl adjacent to an activating group) is 1. The molecule has 0 saturated heterocycles. The van der Waals surface area contributed by atoms with Gasteiger partial charge in [0.1, 0.15) is 0 Å². The average molecular weight is 331 g/mol. The highest BCUT2D eigenvalue weighted by atomic mass is 35.5. The van der Waals surface area contributed by atoms with Crippen LogP contribution in [0.3, 0.4) is 0 Å². The first-order valence-electron chi connectivity index (χ1n) is 7.27. The molecule has 4 N–H and O–H groups in total. The van der Waals surface area contributed by atoms with E-state index in [2.05, 4.69) is 16.9 Å². The number of hydrogen-bond acceptors (Lipinski definition) is 6. The molecule has 2 heterocycles. The van der Waals surface area contributed by atoms with Crippen LogP contribution in [0.4, 0.5) is 0 Å². The van der Waals surface area contributed by atoms with Gasteiger partial charge in [-0.15, -0.1) is 23.7 Å².